The van der Waals surface area contributed by atoms with Gasteiger partial charge >= 0.3 is 0 Å². The van der Waals surface area contributed by atoms with Crippen LogP contribution in [0.2, 0.25) is 0 Å². The molecule has 0 atom stereocenters. The number of ketones is 1. The highest BCUT2D eigenvalue weighted by Gasteiger charge is 2.32. The van der Waals surface area contributed by atoms with Crippen molar-refractivity contribution in [2.75, 3.05) is 5.32 Å². The van der Waals surface area contributed by atoms with E-state index in [1.807, 2.05) is 66.2 Å². The highest BCUT2D eigenvalue weighted by atomic mass is 16.2. The van der Waals surface area contributed by atoms with Crippen molar-refractivity contribution in [3.63, 3.8) is 0 Å². The van der Waals surface area contributed by atoms with Crippen LogP contribution >= 0.6 is 0 Å². The maximum absolute atomic E-state index is 12.5. The first-order valence-corrected chi connectivity index (χ1v) is 8.60. The number of hydrogen-bond acceptors (Lipinski definition) is 2. The molecule has 3 aromatic rings. The molecule has 1 aromatic heterocycles. The Morgan fingerprint density at radius 2 is 1.92 bits per heavy atom. The van der Waals surface area contributed by atoms with E-state index in [-0.39, 0.29) is 24.2 Å². The summed E-state index contributed by atoms with van der Waals surface area (Å²) in [4.78, 5) is 25.0. The number of aryl methyl sites for hydroxylation is 1. The van der Waals surface area contributed by atoms with Crippen LogP contribution in [-0.2, 0) is 11.3 Å². The third-order valence-corrected chi connectivity index (χ3v) is 4.62. The SMILES string of the molecule is Cc1cccc(NC(=O)Cn2cc(C(=O)C3CC3)c3ccccc32)c1. The van der Waals surface area contributed by atoms with Crippen molar-refractivity contribution in [1.82, 2.24) is 4.57 Å². The Hall–Kier alpha value is -2.88. The van der Waals surface area contributed by atoms with Crippen LogP contribution in [0.15, 0.2) is 54.7 Å². The van der Waals surface area contributed by atoms with Gasteiger partial charge in [-0.2, -0.15) is 0 Å². The number of aromatic nitrogens is 1. The van der Waals surface area contributed by atoms with Crippen molar-refractivity contribution in [3.05, 3.63) is 65.9 Å². The number of benzene rings is 2. The number of carbonyl (C=O) groups is 2. The second-order valence-electron chi connectivity index (χ2n) is 6.74. The first kappa shape index (κ1) is 15.6. The van der Waals surface area contributed by atoms with Crippen LogP contribution in [0, 0.1) is 12.8 Å². The highest BCUT2D eigenvalue weighted by molar-refractivity contribution is 6.10. The number of anilines is 1. The Morgan fingerprint density at radius 1 is 1.12 bits per heavy atom. The minimum Gasteiger partial charge on any atom is -0.337 e. The zero-order chi connectivity index (χ0) is 17.4. The van der Waals surface area contributed by atoms with E-state index in [0.717, 1.165) is 40.6 Å². The van der Waals surface area contributed by atoms with E-state index < -0.39 is 0 Å². The van der Waals surface area contributed by atoms with Crippen LogP contribution in [-0.4, -0.2) is 16.3 Å². The van der Waals surface area contributed by atoms with Crippen LogP contribution in [0.3, 0.4) is 0 Å². The number of para-hydroxylation sites is 1. The molecule has 126 valence electrons. The molecule has 0 spiro atoms. The smallest absolute Gasteiger partial charge is 0.244 e. The van der Waals surface area contributed by atoms with Gasteiger partial charge in [-0.05, 0) is 43.5 Å². The largest absolute Gasteiger partial charge is 0.337 e. The average Bonchev–Trinajstić information content (AvgIpc) is 3.38. The number of fused-ring (bicyclic) bond motifs is 1. The Bertz CT molecular complexity index is 967. The summed E-state index contributed by atoms with van der Waals surface area (Å²) in [6.07, 6.45) is 3.79. The molecule has 2 aromatic carbocycles. The van der Waals surface area contributed by atoms with Crippen molar-refractivity contribution in [1.29, 1.82) is 0 Å². The number of nitrogens with one attached hydrogen (secondary N) is 1. The van der Waals surface area contributed by atoms with E-state index >= 15 is 0 Å². The molecule has 1 saturated carbocycles. The normalized spacial score (nSPS) is 13.8. The molecular formula is C21H20N2O2. The molecule has 1 aliphatic rings. The maximum Gasteiger partial charge on any atom is 0.244 e. The van der Waals surface area contributed by atoms with Crippen LogP contribution < -0.4 is 5.32 Å². The fraction of sp³-hybridized carbons (Fsp3) is 0.238. The third-order valence-electron chi connectivity index (χ3n) is 4.62. The van der Waals surface area contributed by atoms with Gasteiger partial charge in [0.1, 0.15) is 6.54 Å². The molecule has 25 heavy (non-hydrogen) atoms. The monoisotopic (exact) mass is 332 g/mol. The van der Waals surface area contributed by atoms with Gasteiger partial charge in [0.25, 0.3) is 0 Å². The number of Topliss-reactive ketones (excluding diaryl/α,β-unsaturated/α-hetero) is 1. The average molecular weight is 332 g/mol. The molecule has 1 fully saturated rings. The third kappa shape index (κ3) is 3.20. The minimum absolute atomic E-state index is 0.100. The lowest BCUT2D eigenvalue weighted by Gasteiger charge is -2.08. The topological polar surface area (TPSA) is 51.1 Å². The molecule has 1 N–H and O–H groups in total. The summed E-state index contributed by atoms with van der Waals surface area (Å²) in [5.74, 6) is 0.270. The van der Waals surface area contributed by atoms with Crippen LogP contribution in [0.4, 0.5) is 5.69 Å². The van der Waals surface area contributed by atoms with Gasteiger partial charge in [-0.3, -0.25) is 9.59 Å². The quantitative estimate of drug-likeness (QED) is 0.713. The number of carbonyl (C=O) groups excluding carboxylic acids is 2. The van der Waals surface area contributed by atoms with Gasteiger partial charge in [0.2, 0.25) is 5.91 Å². The fourth-order valence-electron chi connectivity index (χ4n) is 3.22. The summed E-state index contributed by atoms with van der Waals surface area (Å²) in [7, 11) is 0. The molecule has 4 nitrogen and oxygen atoms in total. The number of hydrogen-bond donors (Lipinski definition) is 1. The first-order chi connectivity index (χ1) is 12.1. The summed E-state index contributed by atoms with van der Waals surface area (Å²) in [6.45, 7) is 2.18. The van der Waals surface area contributed by atoms with Crippen LogP contribution in [0.25, 0.3) is 10.9 Å². The van der Waals surface area contributed by atoms with Gasteiger partial charge in [-0.15, -0.1) is 0 Å². The van der Waals surface area contributed by atoms with E-state index in [1.165, 1.54) is 0 Å². The molecule has 0 unspecified atom stereocenters. The van der Waals surface area contributed by atoms with E-state index in [9.17, 15) is 9.59 Å². The molecule has 1 heterocycles. The summed E-state index contributed by atoms with van der Waals surface area (Å²) >= 11 is 0. The second-order valence-corrected chi connectivity index (χ2v) is 6.74. The molecular weight excluding hydrogens is 312 g/mol. The van der Waals surface area contributed by atoms with Gasteiger partial charge in [-0.25, -0.2) is 0 Å². The summed E-state index contributed by atoms with van der Waals surface area (Å²) in [5.41, 5.74) is 3.55. The van der Waals surface area contributed by atoms with E-state index in [1.54, 1.807) is 0 Å². The molecule has 4 rings (SSSR count). The van der Waals surface area contributed by atoms with E-state index in [0.29, 0.717) is 0 Å². The molecule has 4 heteroatoms. The van der Waals surface area contributed by atoms with Crippen molar-refractivity contribution >= 4 is 28.3 Å². The van der Waals surface area contributed by atoms with E-state index in [4.69, 9.17) is 0 Å². The zero-order valence-electron chi connectivity index (χ0n) is 14.2. The Labute approximate surface area is 146 Å². The standard InChI is InChI=1S/C21H20N2O2/c1-14-5-4-6-16(11-14)22-20(24)13-23-12-18(21(25)15-9-10-15)17-7-2-3-8-19(17)23/h2-8,11-12,15H,9-10,13H2,1H3,(H,22,24). The Kier molecular flexibility index (Phi) is 3.88. The van der Waals surface area contributed by atoms with Crippen LogP contribution in [0.1, 0.15) is 28.8 Å². The van der Waals surface area contributed by atoms with Gasteiger partial charge in [-0.1, -0.05) is 30.3 Å². The predicted molar refractivity (Wildman–Crippen MR) is 98.8 cm³/mol. The number of nitrogens with zero attached hydrogens (tertiary/aromatic N) is 1. The Balaban J connectivity index is 1.60. The van der Waals surface area contributed by atoms with Gasteiger partial charge in [0.05, 0.1) is 0 Å². The molecule has 0 radical (unpaired) electrons. The lowest BCUT2D eigenvalue weighted by Crippen LogP contribution is -2.18. The highest BCUT2D eigenvalue weighted by Crippen LogP contribution is 2.35. The molecule has 0 saturated heterocycles. The lowest BCUT2D eigenvalue weighted by molar-refractivity contribution is -0.116. The number of rotatable bonds is 5. The van der Waals surface area contributed by atoms with Gasteiger partial charge < -0.3 is 9.88 Å². The van der Waals surface area contributed by atoms with Gasteiger partial charge in [0.15, 0.2) is 5.78 Å². The van der Waals surface area contributed by atoms with Crippen molar-refractivity contribution in [2.24, 2.45) is 5.92 Å². The van der Waals surface area contributed by atoms with Crippen molar-refractivity contribution in [2.45, 2.75) is 26.3 Å². The molecule has 0 aliphatic heterocycles. The van der Waals surface area contributed by atoms with Crippen LogP contribution in [0.5, 0.6) is 0 Å². The summed E-state index contributed by atoms with van der Waals surface area (Å²) in [5, 5.41) is 3.86. The van der Waals surface area contributed by atoms with Crippen molar-refractivity contribution < 1.29 is 9.59 Å². The minimum atomic E-state index is -0.100. The van der Waals surface area contributed by atoms with E-state index in [2.05, 4.69) is 5.32 Å². The fourth-order valence-corrected chi connectivity index (χ4v) is 3.22. The summed E-state index contributed by atoms with van der Waals surface area (Å²) < 4.78 is 1.87. The zero-order valence-corrected chi connectivity index (χ0v) is 14.2. The molecule has 1 amide bonds. The first-order valence-electron chi connectivity index (χ1n) is 8.60. The maximum atomic E-state index is 12.5. The Morgan fingerprint density at radius 3 is 2.68 bits per heavy atom. The second kappa shape index (κ2) is 6.20. The molecule has 0 bridgehead atoms. The van der Waals surface area contributed by atoms with Crippen molar-refractivity contribution in [3.8, 4) is 0 Å². The van der Waals surface area contributed by atoms with Gasteiger partial charge in [0, 0.05) is 34.3 Å². The summed E-state index contributed by atoms with van der Waals surface area (Å²) in [6, 6.07) is 15.5. The predicted octanol–water partition coefficient (Wildman–Crippen LogP) is 4.18. The number of amides is 1. The lowest BCUT2D eigenvalue weighted by atomic mass is 10.1. The molecule has 1 aliphatic carbocycles.